The van der Waals surface area contributed by atoms with Crippen LogP contribution in [0.5, 0.6) is 0 Å². The maximum Gasteiger partial charge on any atom is 0.235 e. The molecule has 0 aliphatic heterocycles. The molecule has 0 saturated heterocycles. The van der Waals surface area contributed by atoms with Crippen LogP contribution in [0.1, 0.15) is 0 Å². The van der Waals surface area contributed by atoms with Gasteiger partial charge in [0, 0.05) is 38.9 Å². The molecule has 4 aromatic heterocycles. The third kappa shape index (κ3) is 5.21. The molecular formula is C51H33N5. The van der Waals surface area contributed by atoms with Crippen molar-refractivity contribution in [3.63, 3.8) is 0 Å². The molecule has 7 aromatic carbocycles. The number of nitrogens with zero attached hydrogens (tertiary/aromatic N) is 5. The number of rotatable bonds is 6. The number of fused-ring (bicyclic) bond motifs is 7. The molecule has 0 saturated carbocycles. The predicted octanol–water partition coefficient (Wildman–Crippen LogP) is 12.7. The molecule has 0 unspecified atom stereocenters. The van der Waals surface area contributed by atoms with Gasteiger partial charge in [-0.25, -0.2) is 15.0 Å². The van der Waals surface area contributed by atoms with E-state index in [0.717, 1.165) is 83.1 Å². The van der Waals surface area contributed by atoms with Crippen LogP contribution >= 0.6 is 0 Å². The minimum absolute atomic E-state index is 0.605. The van der Waals surface area contributed by atoms with E-state index in [9.17, 15) is 0 Å². The second-order valence-electron chi connectivity index (χ2n) is 14.1. The van der Waals surface area contributed by atoms with E-state index in [0.29, 0.717) is 5.95 Å². The van der Waals surface area contributed by atoms with Gasteiger partial charge in [0.2, 0.25) is 5.95 Å². The van der Waals surface area contributed by atoms with Crippen LogP contribution < -0.4 is 0 Å². The molecule has 0 spiro atoms. The van der Waals surface area contributed by atoms with Crippen molar-refractivity contribution in [2.75, 3.05) is 0 Å². The van der Waals surface area contributed by atoms with Gasteiger partial charge in [-0.2, -0.15) is 0 Å². The van der Waals surface area contributed by atoms with Gasteiger partial charge in [-0.15, -0.1) is 0 Å². The van der Waals surface area contributed by atoms with Crippen molar-refractivity contribution < 1.29 is 0 Å². The lowest BCUT2D eigenvalue weighted by Crippen LogP contribution is -2.05. The zero-order valence-corrected chi connectivity index (χ0v) is 30.3. The minimum Gasteiger partial charge on any atom is -0.292 e. The lowest BCUT2D eigenvalue weighted by atomic mass is 10.0. The molecule has 0 fully saturated rings. The van der Waals surface area contributed by atoms with Gasteiger partial charge < -0.3 is 0 Å². The molecule has 0 aliphatic rings. The molecule has 11 aromatic rings. The molecule has 0 radical (unpaired) electrons. The molecular weight excluding hydrogens is 683 g/mol. The summed E-state index contributed by atoms with van der Waals surface area (Å²) < 4.78 is 4.59. The highest BCUT2D eigenvalue weighted by atomic mass is 15.2. The first-order chi connectivity index (χ1) is 27.8. The average Bonchev–Trinajstić information content (AvgIpc) is 3.80. The van der Waals surface area contributed by atoms with E-state index in [4.69, 9.17) is 15.0 Å². The molecule has 0 bridgehead atoms. The standard InChI is InChI=1S/C51H33N5/c1-5-15-34(16-6-1)38-24-28-46-42(31-38)40-26-27-41-43-32-39(35-17-7-2-8-18-35)25-29-47(43)56(50(41)49(40)55(46)48-23-13-14-30-52-48)51-53-44(36-19-9-3-10-20-36)33-45(54-51)37-21-11-4-12-22-37/h1-33H. The van der Waals surface area contributed by atoms with Crippen molar-refractivity contribution in [2.45, 2.75) is 0 Å². The third-order valence-electron chi connectivity index (χ3n) is 10.8. The zero-order valence-electron chi connectivity index (χ0n) is 30.3. The van der Waals surface area contributed by atoms with Crippen molar-refractivity contribution in [1.29, 1.82) is 0 Å². The highest BCUT2D eigenvalue weighted by Crippen LogP contribution is 2.43. The van der Waals surface area contributed by atoms with E-state index in [-0.39, 0.29) is 0 Å². The fraction of sp³-hybridized carbons (Fsp3) is 0. The van der Waals surface area contributed by atoms with Crippen LogP contribution in [0.15, 0.2) is 200 Å². The quantitative estimate of drug-likeness (QED) is 0.172. The van der Waals surface area contributed by atoms with Crippen LogP contribution in [0, 0.1) is 0 Å². The molecule has 0 amide bonds. The molecule has 56 heavy (non-hydrogen) atoms. The lowest BCUT2D eigenvalue weighted by Gasteiger charge is -2.13. The molecule has 11 rings (SSSR count). The van der Waals surface area contributed by atoms with Crippen LogP contribution in [0.25, 0.3) is 100 Å². The number of benzene rings is 7. The summed E-state index contributed by atoms with van der Waals surface area (Å²) in [7, 11) is 0. The largest absolute Gasteiger partial charge is 0.292 e. The van der Waals surface area contributed by atoms with E-state index in [1.165, 1.54) is 11.1 Å². The van der Waals surface area contributed by atoms with Gasteiger partial charge in [0.05, 0.1) is 33.5 Å². The Kier molecular flexibility index (Phi) is 7.42. The van der Waals surface area contributed by atoms with Gasteiger partial charge in [-0.1, -0.05) is 152 Å². The Morgan fingerprint density at radius 2 is 0.768 bits per heavy atom. The Bertz CT molecular complexity index is 3150. The first-order valence-corrected chi connectivity index (χ1v) is 18.9. The van der Waals surface area contributed by atoms with Crippen molar-refractivity contribution in [1.82, 2.24) is 24.1 Å². The maximum atomic E-state index is 5.40. The number of hydrogen-bond donors (Lipinski definition) is 0. The Hall–Kier alpha value is -7.63. The average molecular weight is 716 g/mol. The van der Waals surface area contributed by atoms with Crippen LogP contribution in [-0.2, 0) is 0 Å². The van der Waals surface area contributed by atoms with Crippen molar-refractivity contribution in [3.8, 4) is 56.5 Å². The van der Waals surface area contributed by atoms with Gasteiger partial charge in [-0.3, -0.25) is 9.13 Å². The summed E-state index contributed by atoms with van der Waals surface area (Å²) in [4.78, 5) is 15.7. The van der Waals surface area contributed by atoms with Crippen molar-refractivity contribution in [3.05, 3.63) is 200 Å². The van der Waals surface area contributed by atoms with E-state index in [1.807, 2.05) is 24.4 Å². The topological polar surface area (TPSA) is 48.5 Å². The highest BCUT2D eigenvalue weighted by Gasteiger charge is 2.24. The Balaban J connectivity index is 1.31. The normalized spacial score (nSPS) is 11.6. The highest BCUT2D eigenvalue weighted by molar-refractivity contribution is 6.24. The maximum absolute atomic E-state index is 5.40. The predicted molar refractivity (Wildman–Crippen MR) is 230 cm³/mol. The Morgan fingerprint density at radius 3 is 1.25 bits per heavy atom. The minimum atomic E-state index is 0.605. The molecule has 5 nitrogen and oxygen atoms in total. The van der Waals surface area contributed by atoms with Crippen LogP contribution in [0.2, 0.25) is 0 Å². The fourth-order valence-electron chi connectivity index (χ4n) is 8.20. The monoisotopic (exact) mass is 715 g/mol. The molecule has 262 valence electrons. The van der Waals surface area contributed by atoms with Gasteiger partial charge in [-0.05, 0) is 64.7 Å². The second-order valence-corrected chi connectivity index (χ2v) is 14.1. The fourth-order valence-corrected chi connectivity index (χ4v) is 8.20. The van der Waals surface area contributed by atoms with Crippen molar-refractivity contribution in [2.24, 2.45) is 0 Å². The first kappa shape index (κ1) is 31.9. The van der Waals surface area contributed by atoms with Gasteiger partial charge >= 0.3 is 0 Å². The van der Waals surface area contributed by atoms with E-state index >= 15 is 0 Å². The van der Waals surface area contributed by atoms with Crippen LogP contribution in [0.3, 0.4) is 0 Å². The van der Waals surface area contributed by atoms with Gasteiger partial charge in [0.15, 0.2) is 0 Å². The van der Waals surface area contributed by atoms with E-state index < -0.39 is 0 Å². The van der Waals surface area contributed by atoms with E-state index in [1.54, 1.807) is 0 Å². The van der Waals surface area contributed by atoms with E-state index in [2.05, 4.69) is 185 Å². The summed E-state index contributed by atoms with van der Waals surface area (Å²) in [6.07, 6.45) is 1.87. The smallest absolute Gasteiger partial charge is 0.235 e. The number of pyridine rings is 1. The van der Waals surface area contributed by atoms with Crippen LogP contribution in [-0.4, -0.2) is 24.1 Å². The molecule has 0 aliphatic carbocycles. The molecule has 0 N–H and O–H groups in total. The second kappa shape index (κ2) is 13.0. The third-order valence-corrected chi connectivity index (χ3v) is 10.8. The number of hydrogen-bond acceptors (Lipinski definition) is 3. The summed E-state index contributed by atoms with van der Waals surface area (Å²) in [6.45, 7) is 0. The van der Waals surface area contributed by atoms with Crippen LogP contribution in [0.4, 0.5) is 0 Å². The van der Waals surface area contributed by atoms with Gasteiger partial charge in [0.1, 0.15) is 5.82 Å². The summed E-state index contributed by atoms with van der Waals surface area (Å²) in [5.41, 5.74) is 12.6. The zero-order chi connectivity index (χ0) is 37.0. The van der Waals surface area contributed by atoms with Gasteiger partial charge in [0.25, 0.3) is 0 Å². The van der Waals surface area contributed by atoms with Crippen molar-refractivity contribution >= 4 is 43.6 Å². The SMILES string of the molecule is c1ccc(-c2ccc3c(c2)c2ccc4c5cc(-c6ccccc6)ccc5n(-c5nc(-c6ccccc6)cc(-c6ccccc6)n5)c4c2n3-c2ccccn2)cc1. The Morgan fingerprint density at radius 1 is 0.321 bits per heavy atom. The molecule has 4 heterocycles. The molecule has 5 heteroatoms. The summed E-state index contributed by atoms with van der Waals surface area (Å²) >= 11 is 0. The summed E-state index contributed by atoms with van der Waals surface area (Å²) in [5, 5.41) is 4.52. The lowest BCUT2D eigenvalue weighted by molar-refractivity contribution is 0.993. The summed E-state index contributed by atoms with van der Waals surface area (Å²) in [6, 6.07) is 68.2. The molecule has 0 atom stereocenters. The Labute approximate surface area is 323 Å². The summed E-state index contributed by atoms with van der Waals surface area (Å²) in [5.74, 6) is 1.45. The first-order valence-electron chi connectivity index (χ1n) is 18.9. The number of aromatic nitrogens is 5.